The van der Waals surface area contributed by atoms with Crippen molar-refractivity contribution in [1.29, 1.82) is 0 Å². The van der Waals surface area contributed by atoms with Gasteiger partial charge in [0.05, 0.1) is 6.10 Å². The normalized spacial score (nSPS) is 12.0. The Labute approximate surface area is 197 Å². The van der Waals surface area contributed by atoms with Crippen molar-refractivity contribution in [3.05, 3.63) is 41.1 Å². The summed E-state index contributed by atoms with van der Waals surface area (Å²) in [7, 11) is 0. The van der Waals surface area contributed by atoms with Crippen LogP contribution in [0.4, 0.5) is 0 Å². The Morgan fingerprint density at radius 3 is 2.44 bits per heavy atom. The average molecular weight is 471 g/mol. The molecule has 3 aromatic rings. The zero-order valence-electron chi connectivity index (χ0n) is 20.0. The van der Waals surface area contributed by atoms with Gasteiger partial charge in [-0.15, -0.1) is 0 Å². The SMILES string of the molecule is Cc1cc(-c2nc(-c3cc(C)c(OC[C@H](O)CNC(=O)CO)c(C)c3)no2)cc(OC(C)C)n1. The predicted octanol–water partition coefficient (Wildman–Crippen LogP) is 2.36. The van der Waals surface area contributed by atoms with Gasteiger partial charge in [-0.25, -0.2) is 4.98 Å². The second kappa shape index (κ2) is 11.1. The Kier molecular flexibility index (Phi) is 8.19. The van der Waals surface area contributed by atoms with Crippen molar-refractivity contribution in [1.82, 2.24) is 20.4 Å². The van der Waals surface area contributed by atoms with Crippen LogP contribution in [0.2, 0.25) is 0 Å². The molecular weight excluding hydrogens is 440 g/mol. The van der Waals surface area contributed by atoms with E-state index in [-0.39, 0.29) is 19.3 Å². The van der Waals surface area contributed by atoms with E-state index >= 15 is 0 Å². The summed E-state index contributed by atoms with van der Waals surface area (Å²) in [6, 6.07) is 7.38. The largest absolute Gasteiger partial charge is 0.490 e. The van der Waals surface area contributed by atoms with E-state index in [1.807, 2.05) is 52.8 Å². The number of carbonyl (C=O) groups excluding carboxylic acids is 1. The summed E-state index contributed by atoms with van der Waals surface area (Å²) in [6.07, 6.45) is -0.922. The second-order valence-electron chi connectivity index (χ2n) is 8.29. The monoisotopic (exact) mass is 470 g/mol. The summed E-state index contributed by atoms with van der Waals surface area (Å²) >= 11 is 0. The molecule has 182 valence electrons. The number of nitrogens with zero attached hydrogens (tertiary/aromatic N) is 3. The summed E-state index contributed by atoms with van der Waals surface area (Å²) < 4.78 is 17.0. The minimum atomic E-state index is -0.915. The van der Waals surface area contributed by atoms with Crippen LogP contribution in [0, 0.1) is 20.8 Å². The minimum absolute atomic E-state index is 0.00696. The number of aliphatic hydroxyl groups is 2. The summed E-state index contributed by atoms with van der Waals surface area (Å²) in [5.41, 5.74) is 3.93. The highest BCUT2D eigenvalue weighted by Crippen LogP contribution is 2.31. The Hall–Kier alpha value is -3.50. The molecule has 0 unspecified atom stereocenters. The van der Waals surface area contributed by atoms with E-state index in [4.69, 9.17) is 19.1 Å². The number of hydrogen-bond donors (Lipinski definition) is 3. The van der Waals surface area contributed by atoms with Crippen LogP contribution < -0.4 is 14.8 Å². The van der Waals surface area contributed by atoms with Gasteiger partial charge in [0.15, 0.2) is 0 Å². The molecule has 0 aliphatic carbocycles. The Bertz CT molecular complexity index is 1120. The molecular formula is C24H30N4O6. The fourth-order valence-electron chi connectivity index (χ4n) is 3.35. The van der Waals surface area contributed by atoms with Crippen LogP contribution in [0.1, 0.15) is 30.7 Å². The quantitative estimate of drug-likeness (QED) is 0.407. The number of benzene rings is 1. The molecule has 0 fully saturated rings. The Morgan fingerprint density at radius 1 is 1.09 bits per heavy atom. The first kappa shape index (κ1) is 25.1. The molecule has 3 N–H and O–H groups in total. The molecule has 10 nitrogen and oxygen atoms in total. The number of amides is 1. The van der Waals surface area contributed by atoms with Gasteiger partial charge < -0.3 is 29.5 Å². The first-order chi connectivity index (χ1) is 16.2. The average Bonchev–Trinajstić information content (AvgIpc) is 3.26. The number of hydrogen-bond acceptors (Lipinski definition) is 9. The highest BCUT2D eigenvalue weighted by molar-refractivity contribution is 5.76. The van der Waals surface area contributed by atoms with E-state index in [0.717, 1.165) is 27.9 Å². The summed E-state index contributed by atoms with van der Waals surface area (Å²) in [4.78, 5) is 20.0. The van der Waals surface area contributed by atoms with Gasteiger partial charge in [0.2, 0.25) is 17.6 Å². The van der Waals surface area contributed by atoms with Gasteiger partial charge in [-0.1, -0.05) is 5.16 Å². The number of rotatable bonds is 10. The van der Waals surface area contributed by atoms with Gasteiger partial charge in [0, 0.05) is 29.4 Å². The molecule has 1 atom stereocenters. The number of ether oxygens (including phenoxy) is 2. The first-order valence-corrected chi connectivity index (χ1v) is 11.0. The van der Waals surface area contributed by atoms with Gasteiger partial charge in [0.1, 0.15) is 25.1 Å². The van der Waals surface area contributed by atoms with Gasteiger partial charge in [-0.2, -0.15) is 4.98 Å². The van der Waals surface area contributed by atoms with E-state index in [0.29, 0.717) is 23.3 Å². The van der Waals surface area contributed by atoms with Crippen LogP contribution in [0.5, 0.6) is 11.6 Å². The molecule has 0 radical (unpaired) electrons. The lowest BCUT2D eigenvalue weighted by atomic mass is 10.1. The number of aliphatic hydroxyl groups excluding tert-OH is 2. The standard InChI is InChI=1S/C24H30N4O6/c1-13(2)33-21-9-18(8-16(5)26-21)24-27-23(28-34-24)17-6-14(3)22(15(4)7-17)32-12-19(30)10-25-20(31)11-29/h6-9,13,19,29-30H,10-12H2,1-5H3,(H,25,31)/t19-/m1/s1. The van der Waals surface area contributed by atoms with Crippen LogP contribution in [-0.4, -0.2) is 63.2 Å². The highest BCUT2D eigenvalue weighted by Gasteiger charge is 2.16. The lowest BCUT2D eigenvalue weighted by Crippen LogP contribution is -2.36. The molecule has 1 amide bonds. The van der Waals surface area contributed by atoms with Gasteiger partial charge in [0.25, 0.3) is 5.89 Å². The van der Waals surface area contributed by atoms with E-state index in [2.05, 4.69) is 20.4 Å². The third-order valence-corrected chi connectivity index (χ3v) is 4.78. The molecule has 0 spiro atoms. The van der Waals surface area contributed by atoms with E-state index in [9.17, 15) is 9.90 Å². The van der Waals surface area contributed by atoms with Crippen molar-refractivity contribution >= 4 is 5.91 Å². The molecule has 10 heteroatoms. The molecule has 0 aliphatic heterocycles. The Morgan fingerprint density at radius 2 is 1.79 bits per heavy atom. The second-order valence-corrected chi connectivity index (χ2v) is 8.29. The summed E-state index contributed by atoms with van der Waals surface area (Å²) in [6.45, 7) is 8.85. The predicted molar refractivity (Wildman–Crippen MR) is 125 cm³/mol. The number of pyridine rings is 1. The molecule has 34 heavy (non-hydrogen) atoms. The number of aromatic nitrogens is 3. The fraction of sp³-hybridized carbons (Fsp3) is 0.417. The maximum Gasteiger partial charge on any atom is 0.258 e. The summed E-state index contributed by atoms with van der Waals surface area (Å²) in [5, 5.41) is 25.3. The molecule has 1 aromatic carbocycles. The molecule has 2 heterocycles. The smallest absolute Gasteiger partial charge is 0.258 e. The van der Waals surface area contributed by atoms with Gasteiger partial charge in [-0.3, -0.25) is 4.79 Å². The van der Waals surface area contributed by atoms with Crippen molar-refractivity contribution in [2.75, 3.05) is 19.8 Å². The highest BCUT2D eigenvalue weighted by atomic mass is 16.5. The molecule has 0 bridgehead atoms. The van der Waals surface area contributed by atoms with E-state index in [1.54, 1.807) is 6.07 Å². The number of nitrogens with one attached hydrogen (secondary N) is 1. The van der Waals surface area contributed by atoms with Gasteiger partial charge >= 0.3 is 0 Å². The van der Waals surface area contributed by atoms with Crippen molar-refractivity contribution < 1.29 is 29.0 Å². The maximum atomic E-state index is 11.1. The van der Waals surface area contributed by atoms with Crippen molar-refractivity contribution in [3.63, 3.8) is 0 Å². The van der Waals surface area contributed by atoms with Crippen LogP contribution in [0.3, 0.4) is 0 Å². The minimum Gasteiger partial charge on any atom is -0.490 e. The van der Waals surface area contributed by atoms with Crippen LogP contribution in [0.25, 0.3) is 22.8 Å². The first-order valence-electron chi connectivity index (χ1n) is 11.0. The van der Waals surface area contributed by atoms with E-state index in [1.165, 1.54) is 0 Å². The zero-order valence-corrected chi connectivity index (χ0v) is 20.0. The summed E-state index contributed by atoms with van der Waals surface area (Å²) in [5.74, 6) is 1.36. The molecule has 0 aliphatic rings. The zero-order chi connectivity index (χ0) is 24.8. The Balaban J connectivity index is 1.75. The molecule has 0 saturated heterocycles. The lowest BCUT2D eigenvalue weighted by Gasteiger charge is -2.16. The molecule has 0 saturated carbocycles. The maximum absolute atomic E-state index is 11.1. The topological polar surface area (TPSA) is 140 Å². The van der Waals surface area contributed by atoms with Crippen molar-refractivity contribution in [3.8, 4) is 34.5 Å². The number of carbonyl (C=O) groups is 1. The lowest BCUT2D eigenvalue weighted by molar-refractivity contribution is -0.124. The van der Waals surface area contributed by atoms with Crippen molar-refractivity contribution in [2.24, 2.45) is 0 Å². The molecule has 2 aromatic heterocycles. The van der Waals surface area contributed by atoms with Gasteiger partial charge in [-0.05, 0) is 63.9 Å². The van der Waals surface area contributed by atoms with Crippen LogP contribution in [-0.2, 0) is 4.79 Å². The third-order valence-electron chi connectivity index (χ3n) is 4.78. The third kappa shape index (κ3) is 6.52. The number of aryl methyl sites for hydroxylation is 3. The van der Waals surface area contributed by atoms with Crippen LogP contribution >= 0.6 is 0 Å². The van der Waals surface area contributed by atoms with E-state index < -0.39 is 18.6 Å². The fourth-order valence-corrected chi connectivity index (χ4v) is 3.35. The van der Waals surface area contributed by atoms with Crippen molar-refractivity contribution in [2.45, 2.75) is 46.8 Å². The molecule has 3 rings (SSSR count). The van der Waals surface area contributed by atoms with Crippen LogP contribution in [0.15, 0.2) is 28.8 Å².